The zero-order chi connectivity index (χ0) is 19.1. The largest absolute Gasteiger partial charge is 0.455 e. The fraction of sp³-hybridized carbons (Fsp3) is 0.182. The highest BCUT2D eigenvalue weighted by atomic mass is 16.5. The van der Waals surface area contributed by atoms with Crippen LogP contribution in [0.2, 0.25) is 0 Å². The van der Waals surface area contributed by atoms with E-state index in [1.807, 2.05) is 54.6 Å². The molecule has 3 aromatic rings. The number of amides is 1. The number of nitrogens with one attached hydrogen (secondary N) is 2. The molecule has 0 aliphatic rings. The maximum Gasteiger partial charge on any atom is 0.252 e. The molecule has 0 fully saturated rings. The molecule has 0 radical (unpaired) electrons. The van der Waals surface area contributed by atoms with Crippen molar-refractivity contribution in [1.29, 1.82) is 0 Å². The standard InChI is InChI=1S/C22H23N3O2/c1-16(2)14-24-22(26)17-12-13-21(23-15-17)25-19-10-6-7-11-20(19)27-18-8-4-3-5-9-18/h3-13,15-16H,14H2,1-2H3,(H,23,25)(H,24,26). The van der Waals surface area contributed by atoms with E-state index in [1.165, 1.54) is 0 Å². The van der Waals surface area contributed by atoms with Gasteiger partial charge in [-0.15, -0.1) is 0 Å². The van der Waals surface area contributed by atoms with Crippen molar-refractivity contribution < 1.29 is 9.53 Å². The number of carbonyl (C=O) groups is 1. The molecular formula is C22H23N3O2. The molecule has 2 aromatic carbocycles. The maximum absolute atomic E-state index is 12.1. The van der Waals surface area contributed by atoms with Crippen molar-refractivity contribution in [2.45, 2.75) is 13.8 Å². The second kappa shape index (κ2) is 8.85. The number of aromatic nitrogens is 1. The smallest absolute Gasteiger partial charge is 0.252 e. The van der Waals surface area contributed by atoms with E-state index in [1.54, 1.807) is 18.3 Å². The van der Waals surface area contributed by atoms with Gasteiger partial charge in [-0.25, -0.2) is 4.98 Å². The number of para-hydroxylation sites is 3. The number of carbonyl (C=O) groups excluding carboxylic acids is 1. The number of ether oxygens (including phenoxy) is 1. The maximum atomic E-state index is 12.1. The molecule has 2 N–H and O–H groups in total. The first-order valence-corrected chi connectivity index (χ1v) is 8.95. The van der Waals surface area contributed by atoms with Crippen LogP contribution in [0.1, 0.15) is 24.2 Å². The van der Waals surface area contributed by atoms with Crippen LogP contribution in [0.25, 0.3) is 0 Å². The van der Waals surface area contributed by atoms with Crippen LogP contribution in [-0.4, -0.2) is 17.4 Å². The first-order valence-electron chi connectivity index (χ1n) is 8.95. The molecule has 27 heavy (non-hydrogen) atoms. The van der Waals surface area contributed by atoms with E-state index in [0.717, 1.165) is 11.4 Å². The SMILES string of the molecule is CC(C)CNC(=O)c1ccc(Nc2ccccc2Oc2ccccc2)nc1. The number of nitrogens with zero attached hydrogens (tertiary/aromatic N) is 1. The molecule has 138 valence electrons. The lowest BCUT2D eigenvalue weighted by Crippen LogP contribution is -2.27. The lowest BCUT2D eigenvalue weighted by molar-refractivity contribution is 0.0948. The van der Waals surface area contributed by atoms with Gasteiger partial charge in [0.1, 0.15) is 11.6 Å². The number of rotatable bonds is 7. The Balaban J connectivity index is 1.70. The van der Waals surface area contributed by atoms with E-state index in [2.05, 4.69) is 29.5 Å². The summed E-state index contributed by atoms with van der Waals surface area (Å²) in [5, 5.41) is 6.13. The predicted octanol–water partition coefficient (Wildman–Crippen LogP) is 5.00. The molecule has 1 heterocycles. The third-order valence-corrected chi connectivity index (χ3v) is 3.82. The molecular weight excluding hydrogens is 338 g/mol. The molecule has 3 rings (SSSR count). The van der Waals surface area contributed by atoms with E-state index in [0.29, 0.717) is 29.6 Å². The Morgan fingerprint density at radius 3 is 2.44 bits per heavy atom. The Kier molecular flexibility index (Phi) is 6.05. The fourth-order valence-electron chi connectivity index (χ4n) is 2.41. The zero-order valence-corrected chi connectivity index (χ0v) is 15.5. The van der Waals surface area contributed by atoms with Crippen molar-refractivity contribution in [3.63, 3.8) is 0 Å². The van der Waals surface area contributed by atoms with Gasteiger partial charge in [-0.05, 0) is 42.3 Å². The Morgan fingerprint density at radius 2 is 1.74 bits per heavy atom. The highest BCUT2D eigenvalue weighted by molar-refractivity contribution is 5.94. The van der Waals surface area contributed by atoms with Crippen LogP contribution >= 0.6 is 0 Å². The normalized spacial score (nSPS) is 10.5. The number of benzene rings is 2. The van der Waals surface area contributed by atoms with Gasteiger partial charge in [0.2, 0.25) is 0 Å². The summed E-state index contributed by atoms with van der Waals surface area (Å²) in [5.74, 6) is 2.39. The zero-order valence-electron chi connectivity index (χ0n) is 15.5. The molecule has 1 aromatic heterocycles. The van der Waals surface area contributed by atoms with Crippen molar-refractivity contribution in [3.05, 3.63) is 78.5 Å². The fourth-order valence-corrected chi connectivity index (χ4v) is 2.41. The summed E-state index contributed by atoms with van der Waals surface area (Å²) in [6.45, 7) is 4.75. The molecule has 0 spiro atoms. The summed E-state index contributed by atoms with van der Waals surface area (Å²) < 4.78 is 5.94. The van der Waals surface area contributed by atoms with Crippen LogP contribution in [0.15, 0.2) is 72.9 Å². The molecule has 1 amide bonds. The van der Waals surface area contributed by atoms with Crippen molar-refractivity contribution in [2.24, 2.45) is 5.92 Å². The van der Waals surface area contributed by atoms with Crippen LogP contribution < -0.4 is 15.4 Å². The van der Waals surface area contributed by atoms with Gasteiger partial charge >= 0.3 is 0 Å². The van der Waals surface area contributed by atoms with E-state index in [9.17, 15) is 4.79 Å². The average Bonchev–Trinajstić information content (AvgIpc) is 2.69. The molecule has 0 unspecified atom stereocenters. The summed E-state index contributed by atoms with van der Waals surface area (Å²) >= 11 is 0. The molecule has 5 heteroatoms. The second-order valence-electron chi connectivity index (χ2n) is 6.57. The van der Waals surface area contributed by atoms with Crippen molar-refractivity contribution in [3.8, 4) is 11.5 Å². The topological polar surface area (TPSA) is 63.2 Å². The number of anilines is 2. The first-order chi connectivity index (χ1) is 13.1. The lowest BCUT2D eigenvalue weighted by atomic mass is 10.2. The van der Waals surface area contributed by atoms with Gasteiger partial charge in [-0.1, -0.05) is 44.2 Å². The number of pyridine rings is 1. The molecule has 0 saturated heterocycles. The van der Waals surface area contributed by atoms with Crippen LogP contribution in [0.3, 0.4) is 0 Å². The average molecular weight is 361 g/mol. The van der Waals surface area contributed by atoms with Crippen molar-refractivity contribution in [1.82, 2.24) is 10.3 Å². The minimum atomic E-state index is -0.115. The minimum Gasteiger partial charge on any atom is -0.455 e. The predicted molar refractivity (Wildman–Crippen MR) is 108 cm³/mol. The Bertz CT molecular complexity index is 878. The third-order valence-electron chi connectivity index (χ3n) is 3.82. The van der Waals surface area contributed by atoms with E-state index < -0.39 is 0 Å². The minimum absolute atomic E-state index is 0.115. The quantitative estimate of drug-likeness (QED) is 0.621. The molecule has 0 aliphatic carbocycles. The molecule has 0 aliphatic heterocycles. The highest BCUT2D eigenvalue weighted by Gasteiger charge is 2.08. The van der Waals surface area contributed by atoms with Crippen LogP contribution in [0.4, 0.5) is 11.5 Å². The number of hydrogen-bond donors (Lipinski definition) is 2. The molecule has 0 saturated carbocycles. The van der Waals surface area contributed by atoms with Gasteiger partial charge in [0.15, 0.2) is 5.75 Å². The van der Waals surface area contributed by atoms with E-state index in [4.69, 9.17) is 4.74 Å². The second-order valence-corrected chi connectivity index (χ2v) is 6.57. The van der Waals surface area contributed by atoms with Gasteiger partial charge in [-0.2, -0.15) is 0 Å². The van der Waals surface area contributed by atoms with Gasteiger partial charge in [-0.3, -0.25) is 4.79 Å². The molecule has 5 nitrogen and oxygen atoms in total. The highest BCUT2D eigenvalue weighted by Crippen LogP contribution is 2.30. The lowest BCUT2D eigenvalue weighted by Gasteiger charge is -2.13. The Hall–Kier alpha value is -3.34. The van der Waals surface area contributed by atoms with Gasteiger partial charge in [0.25, 0.3) is 5.91 Å². The van der Waals surface area contributed by atoms with Crippen molar-refractivity contribution in [2.75, 3.05) is 11.9 Å². The van der Waals surface area contributed by atoms with Crippen LogP contribution in [0, 0.1) is 5.92 Å². The summed E-state index contributed by atoms with van der Waals surface area (Å²) in [4.78, 5) is 16.4. The van der Waals surface area contributed by atoms with Gasteiger partial charge in [0, 0.05) is 12.7 Å². The number of hydrogen-bond acceptors (Lipinski definition) is 4. The summed E-state index contributed by atoms with van der Waals surface area (Å²) in [6.07, 6.45) is 1.57. The Labute approximate surface area is 159 Å². The monoisotopic (exact) mass is 361 g/mol. The van der Waals surface area contributed by atoms with E-state index in [-0.39, 0.29) is 5.91 Å². The van der Waals surface area contributed by atoms with E-state index >= 15 is 0 Å². The molecule has 0 bridgehead atoms. The molecule has 0 atom stereocenters. The summed E-state index contributed by atoms with van der Waals surface area (Å²) in [6, 6.07) is 20.8. The van der Waals surface area contributed by atoms with Gasteiger partial charge in [0.05, 0.1) is 11.3 Å². The third kappa shape index (κ3) is 5.31. The summed E-state index contributed by atoms with van der Waals surface area (Å²) in [7, 11) is 0. The van der Waals surface area contributed by atoms with Crippen LogP contribution in [0.5, 0.6) is 11.5 Å². The summed E-state index contributed by atoms with van der Waals surface area (Å²) in [5.41, 5.74) is 1.33. The van der Waals surface area contributed by atoms with Crippen molar-refractivity contribution >= 4 is 17.4 Å². The first kappa shape index (κ1) is 18.5. The van der Waals surface area contributed by atoms with Gasteiger partial charge < -0.3 is 15.4 Å². The van der Waals surface area contributed by atoms with Crippen LogP contribution in [-0.2, 0) is 0 Å². The Morgan fingerprint density at radius 1 is 1.00 bits per heavy atom.